The van der Waals surface area contributed by atoms with Crippen LogP contribution in [-0.2, 0) is 11.8 Å². The Balaban J connectivity index is 1.97. The molecular formula is C16H17N5O2. The number of aryl methyl sites for hydroxylation is 3. The van der Waals surface area contributed by atoms with Gasteiger partial charge in [-0.05, 0) is 19.9 Å². The molecule has 7 nitrogen and oxygen atoms in total. The van der Waals surface area contributed by atoms with Crippen LogP contribution in [0, 0.1) is 13.8 Å². The topological polar surface area (TPSA) is 81.9 Å². The van der Waals surface area contributed by atoms with Crippen molar-refractivity contribution < 1.29 is 9.53 Å². The van der Waals surface area contributed by atoms with E-state index in [0.29, 0.717) is 23.0 Å². The lowest BCUT2D eigenvalue weighted by Crippen LogP contribution is -2.07. The number of fused-ring (bicyclic) bond motifs is 1. The highest BCUT2D eigenvalue weighted by Gasteiger charge is 2.13. The summed E-state index contributed by atoms with van der Waals surface area (Å²) in [4.78, 5) is 23.9. The van der Waals surface area contributed by atoms with Gasteiger partial charge in [-0.1, -0.05) is 0 Å². The fourth-order valence-corrected chi connectivity index (χ4v) is 2.39. The molecule has 1 amide bonds. The average Bonchev–Trinajstić information content (AvgIpc) is 2.78. The van der Waals surface area contributed by atoms with E-state index in [1.807, 2.05) is 25.5 Å². The smallest absolute Gasteiger partial charge is 0.222 e. The molecule has 0 saturated carbocycles. The van der Waals surface area contributed by atoms with Crippen molar-refractivity contribution in [1.29, 1.82) is 0 Å². The minimum absolute atomic E-state index is 0.181. The molecule has 0 atom stereocenters. The maximum Gasteiger partial charge on any atom is 0.222 e. The zero-order chi connectivity index (χ0) is 16.6. The van der Waals surface area contributed by atoms with Crippen LogP contribution in [0.2, 0.25) is 0 Å². The SMILES string of the molecule is CC(=O)Nc1cc(Oc2cnc3nc(C)n(C)c3c2C)ccn1. The first-order chi connectivity index (χ1) is 11.0. The summed E-state index contributed by atoms with van der Waals surface area (Å²) in [5, 5.41) is 2.63. The van der Waals surface area contributed by atoms with E-state index in [2.05, 4.69) is 20.3 Å². The first-order valence-corrected chi connectivity index (χ1v) is 7.16. The molecule has 0 unspecified atom stereocenters. The van der Waals surface area contributed by atoms with Crippen LogP contribution in [0.1, 0.15) is 18.3 Å². The predicted molar refractivity (Wildman–Crippen MR) is 86.6 cm³/mol. The number of anilines is 1. The molecule has 3 rings (SSSR count). The molecule has 0 aliphatic heterocycles. The maximum atomic E-state index is 11.1. The summed E-state index contributed by atoms with van der Waals surface area (Å²) in [7, 11) is 1.95. The van der Waals surface area contributed by atoms with E-state index in [1.54, 1.807) is 24.5 Å². The third kappa shape index (κ3) is 2.85. The van der Waals surface area contributed by atoms with Crippen molar-refractivity contribution in [2.45, 2.75) is 20.8 Å². The van der Waals surface area contributed by atoms with Crippen molar-refractivity contribution >= 4 is 22.9 Å². The molecule has 3 aromatic heterocycles. The van der Waals surface area contributed by atoms with Crippen LogP contribution >= 0.6 is 0 Å². The molecule has 0 fully saturated rings. The third-order valence-electron chi connectivity index (χ3n) is 3.59. The Morgan fingerprint density at radius 3 is 2.83 bits per heavy atom. The summed E-state index contributed by atoms with van der Waals surface area (Å²) in [6.45, 7) is 5.34. The van der Waals surface area contributed by atoms with Gasteiger partial charge in [-0.25, -0.2) is 15.0 Å². The Kier molecular flexibility index (Phi) is 3.69. The van der Waals surface area contributed by atoms with Crippen LogP contribution < -0.4 is 10.1 Å². The number of carbonyl (C=O) groups is 1. The summed E-state index contributed by atoms with van der Waals surface area (Å²) >= 11 is 0. The van der Waals surface area contributed by atoms with Crippen molar-refractivity contribution in [2.24, 2.45) is 7.05 Å². The molecular weight excluding hydrogens is 294 g/mol. The first kappa shape index (κ1) is 15.0. The Morgan fingerprint density at radius 1 is 1.30 bits per heavy atom. The molecule has 3 aromatic rings. The molecule has 3 heterocycles. The van der Waals surface area contributed by atoms with Crippen LogP contribution in [-0.4, -0.2) is 25.4 Å². The van der Waals surface area contributed by atoms with Crippen molar-refractivity contribution in [3.8, 4) is 11.5 Å². The van der Waals surface area contributed by atoms with E-state index < -0.39 is 0 Å². The van der Waals surface area contributed by atoms with E-state index in [4.69, 9.17) is 4.74 Å². The zero-order valence-corrected chi connectivity index (χ0v) is 13.4. The van der Waals surface area contributed by atoms with Gasteiger partial charge in [0, 0.05) is 31.8 Å². The summed E-state index contributed by atoms with van der Waals surface area (Å²) in [5.41, 5.74) is 2.59. The van der Waals surface area contributed by atoms with Crippen LogP contribution in [0.4, 0.5) is 5.82 Å². The van der Waals surface area contributed by atoms with Crippen molar-refractivity contribution in [3.05, 3.63) is 35.9 Å². The maximum absolute atomic E-state index is 11.1. The number of carbonyl (C=O) groups excluding carboxylic acids is 1. The van der Waals surface area contributed by atoms with Crippen molar-refractivity contribution in [2.75, 3.05) is 5.32 Å². The number of hydrogen-bond acceptors (Lipinski definition) is 5. The first-order valence-electron chi connectivity index (χ1n) is 7.16. The number of pyridine rings is 2. The highest BCUT2D eigenvalue weighted by molar-refractivity contribution is 5.87. The number of rotatable bonds is 3. The Labute approximate surface area is 133 Å². The third-order valence-corrected chi connectivity index (χ3v) is 3.59. The Hall–Kier alpha value is -2.96. The van der Waals surface area contributed by atoms with E-state index in [-0.39, 0.29) is 5.91 Å². The van der Waals surface area contributed by atoms with Gasteiger partial charge in [0.15, 0.2) is 11.4 Å². The molecule has 0 aliphatic carbocycles. The quantitative estimate of drug-likeness (QED) is 0.804. The number of ether oxygens (including phenoxy) is 1. The number of aromatic nitrogens is 4. The van der Waals surface area contributed by atoms with Crippen LogP contribution in [0.15, 0.2) is 24.5 Å². The Morgan fingerprint density at radius 2 is 2.09 bits per heavy atom. The summed E-state index contributed by atoms with van der Waals surface area (Å²) in [6, 6.07) is 3.39. The Bertz CT molecular complexity index is 901. The molecule has 118 valence electrons. The lowest BCUT2D eigenvalue weighted by molar-refractivity contribution is -0.114. The molecule has 0 aromatic carbocycles. The fraction of sp³-hybridized carbons (Fsp3) is 0.250. The number of nitrogens with one attached hydrogen (secondary N) is 1. The van der Waals surface area contributed by atoms with Gasteiger partial charge in [-0.3, -0.25) is 4.79 Å². The average molecular weight is 311 g/mol. The number of nitrogens with zero attached hydrogens (tertiary/aromatic N) is 4. The number of hydrogen-bond donors (Lipinski definition) is 1. The molecule has 0 saturated heterocycles. The van der Waals surface area contributed by atoms with Gasteiger partial charge < -0.3 is 14.6 Å². The predicted octanol–water partition coefficient (Wildman–Crippen LogP) is 2.73. The van der Waals surface area contributed by atoms with Crippen LogP contribution in [0.5, 0.6) is 11.5 Å². The van der Waals surface area contributed by atoms with E-state index in [1.165, 1.54) is 6.92 Å². The molecule has 0 radical (unpaired) electrons. The molecule has 7 heteroatoms. The van der Waals surface area contributed by atoms with Gasteiger partial charge in [-0.15, -0.1) is 0 Å². The fourth-order valence-electron chi connectivity index (χ4n) is 2.39. The minimum atomic E-state index is -0.181. The van der Waals surface area contributed by atoms with Gasteiger partial charge in [0.25, 0.3) is 0 Å². The highest BCUT2D eigenvalue weighted by Crippen LogP contribution is 2.30. The van der Waals surface area contributed by atoms with Gasteiger partial charge in [0.1, 0.15) is 17.4 Å². The van der Waals surface area contributed by atoms with Crippen LogP contribution in [0.3, 0.4) is 0 Å². The second-order valence-corrected chi connectivity index (χ2v) is 5.30. The lowest BCUT2D eigenvalue weighted by Gasteiger charge is -2.10. The monoisotopic (exact) mass is 311 g/mol. The molecule has 0 bridgehead atoms. The molecule has 23 heavy (non-hydrogen) atoms. The van der Waals surface area contributed by atoms with E-state index in [0.717, 1.165) is 16.9 Å². The van der Waals surface area contributed by atoms with E-state index in [9.17, 15) is 4.79 Å². The van der Waals surface area contributed by atoms with Gasteiger partial charge in [0.05, 0.1) is 11.7 Å². The number of amides is 1. The summed E-state index contributed by atoms with van der Waals surface area (Å²) in [6.07, 6.45) is 3.23. The second kappa shape index (κ2) is 5.68. The second-order valence-electron chi connectivity index (χ2n) is 5.30. The van der Waals surface area contributed by atoms with Crippen LogP contribution in [0.25, 0.3) is 11.2 Å². The van der Waals surface area contributed by atoms with Gasteiger partial charge >= 0.3 is 0 Å². The molecule has 1 N–H and O–H groups in total. The van der Waals surface area contributed by atoms with Crippen molar-refractivity contribution in [3.63, 3.8) is 0 Å². The van der Waals surface area contributed by atoms with E-state index >= 15 is 0 Å². The van der Waals surface area contributed by atoms with Gasteiger partial charge in [0.2, 0.25) is 5.91 Å². The highest BCUT2D eigenvalue weighted by atomic mass is 16.5. The lowest BCUT2D eigenvalue weighted by atomic mass is 10.2. The van der Waals surface area contributed by atoms with Gasteiger partial charge in [-0.2, -0.15) is 0 Å². The molecule has 0 aliphatic rings. The standard InChI is InChI=1S/C16H17N5O2/c1-9-13(8-18-16-15(9)21(4)10(2)19-16)23-12-5-6-17-14(7-12)20-11(3)22/h5-8H,1-4H3,(H,17,20,22). The number of imidazole rings is 1. The largest absolute Gasteiger partial charge is 0.455 e. The molecule has 0 spiro atoms. The normalized spacial score (nSPS) is 10.8. The zero-order valence-electron chi connectivity index (χ0n) is 13.4. The summed E-state index contributed by atoms with van der Waals surface area (Å²) < 4.78 is 7.89. The summed E-state index contributed by atoms with van der Waals surface area (Å²) in [5.74, 6) is 2.37. The minimum Gasteiger partial charge on any atom is -0.455 e. The van der Waals surface area contributed by atoms with Crippen molar-refractivity contribution in [1.82, 2.24) is 19.5 Å².